The van der Waals surface area contributed by atoms with Crippen molar-refractivity contribution in [3.05, 3.63) is 47.7 Å². The summed E-state index contributed by atoms with van der Waals surface area (Å²) in [5.41, 5.74) is 8.17. The summed E-state index contributed by atoms with van der Waals surface area (Å²) in [4.78, 5) is 33.6. The molecule has 3 aromatic rings. The van der Waals surface area contributed by atoms with Gasteiger partial charge in [-0.1, -0.05) is 12.1 Å². The molecule has 6 heteroatoms. The van der Waals surface area contributed by atoms with Crippen LogP contribution in [0.4, 0.5) is 5.69 Å². The molecule has 0 unspecified atom stereocenters. The van der Waals surface area contributed by atoms with Crippen LogP contribution in [-0.2, 0) is 0 Å². The Labute approximate surface area is 144 Å². The normalized spacial score (nSPS) is 14.1. The Kier molecular flexibility index (Phi) is 3.43. The number of carbonyl (C=O) groups is 2. The first-order chi connectivity index (χ1) is 12.0. The van der Waals surface area contributed by atoms with Crippen molar-refractivity contribution in [2.45, 2.75) is 0 Å². The predicted molar refractivity (Wildman–Crippen MR) is 97.6 cm³/mol. The van der Waals surface area contributed by atoms with Crippen molar-refractivity contribution in [1.29, 1.82) is 0 Å². The number of benzene rings is 2. The SMILES string of the molecule is CN(C)CCN1C(=O)c2cc3cccnc3c3ccc(N)c(c23)C1=O. The number of rotatable bonds is 3. The summed E-state index contributed by atoms with van der Waals surface area (Å²) in [6.07, 6.45) is 1.70. The molecule has 4 rings (SSSR count). The number of imide groups is 1. The second kappa shape index (κ2) is 5.53. The topological polar surface area (TPSA) is 79.5 Å². The van der Waals surface area contributed by atoms with Gasteiger partial charge in [-0.05, 0) is 32.3 Å². The zero-order valence-corrected chi connectivity index (χ0v) is 14.1. The van der Waals surface area contributed by atoms with E-state index in [9.17, 15) is 9.59 Å². The average Bonchev–Trinajstić information content (AvgIpc) is 2.59. The number of hydrogen-bond acceptors (Lipinski definition) is 5. The third-order valence-electron chi connectivity index (χ3n) is 4.61. The van der Waals surface area contributed by atoms with E-state index in [1.165, 1.54) is 4.90 Å². The van der Waals surface area contributed by atoms with Gasteiger partial charge in [-0.2, -0.15) is 0 Å². The van der Waals surface area contributed by atoms with Crippen molar-refractivity contribution in [2.75, 3.05) is 32.9 Å². The second-order valence-electron chi connectivity index (χ2n) is 6.52. The quantitative estimate of drug-likeness (QED) is 0.451. The number of pyridine rings is 1. The number of fused-ring (bicyclic) bond motifs is 2. The van der Waals surface area contributed by atoms with Crippen LogP contribution in [0, 0.1) is 0 Å². The van der Waals surface area contributed by atoms with Crippen LogP contribution in [0.15, 0.2) is 36.5 Å². The van der Waals surface area contributed by atoms with E-state index in [0.717, 1.165) is 16.3 Å². The van der Waals surface area contributed by atoms with Gasteiger partial charge < -0.3 is 10.6 Å². The molecule has 0 saturated heterocycles. The summed E-state index contributed by atoms with van der Waals surface area (Å²) in [7, 11) is 3.81. The van der Waals surface area contributed by atoms with Gasteiger partial charge in [0, 0.05) is 46.7 Å². The van der Waals surface area contributed by atoms with E-state index in [2.05, 4.69) is 4.98 Å². The second-order valence-corrected chi connectivity index (χ2v) is 6.52. The Morgan fingerprint density at radius 2 is 1.96 bits per heavy atom. The van der Waals surface area contributed by atoms with Crippen LogP contribution >= 0.6 is 0 Å². The summed E-state index contributed by atoms with van der Waals surface area (Å²) in [6, 6.07) is 9.12. The molecule has 2 N–H and O–H groups in total. The number of nitrogen functional groups attached to an aromatic ring is 1. The smallest absolute Gasteiger partial charge is 0.263 e. The van der Waals surface area contributed by atoms with Crippen molar-refractivity contribution in [3.8, 4) is 0 Å². The van der Waals surface area contributed by atoms with Crippen LogP contribution in [0.25, 0.3) is 21.7 Å². The number of amides is 2. The summed E-state index contributed by atoms with van der Waals surface area (Å²) in [5, 5.41) is 2.27. The van der Waals surface area contributed by atoms with Gasteiger partial charge in [0.1, 0.15) is 0 Å². The highest BCUT2D eigenvalue weighted by Gasteiger charge is 2.34. The molecule has 0 atom stereocenters. The van der Waals surface area contributed by atoms with E-state index in [4.69, 9.17) is 5.73 Å². The molecule has 126 valence electrons. The van der Waals surface area contributed by atoms with Gasteiger partial charge in [-0.15, -0.1) is 0 Å². The van der Waals surface area contributed by atoms with Gasteiger partial charge in [0.2, 0.25) is 0 Å². The van der Waals surface area contributed by atoms with Crippen LogP contribution in [0.5, 0.6) is 0 Å². The van der Waals surface area contributed by atoms with Crippen LogP contribution < -0.4 is 5.73 Å². The fourth-order valence-corrected chi connectivity index (χ4v) is 3.36. The summed E-state index contributed by atoms with van der Waals surface area (Å²) in [6.45, 7) is 0.919. The highest BCUT2D eigenvalue weighted by molar-refractivity contribution is 6.30. The Bertz CT molecular complexity index is 1040. The molecular formula is C19H18N4O2. The molecule has 0 radical (unpaired) electrons. The third kappa shape index (κ3) is 2.26. The fraction of sp³-hybridized carbons (Fsp3) is 0.211. The molecule has 0 aliphatic carbocycles. The van der Waals surface area contributed by atoms with E-state index >= 15 is 0 Å². The molecule has 0 bridgehead atoms. The maximum absolute atomic E-state index is 13.0. The average molecular weight is 334 g/mol. The van der Waals surface area contributed by atoms with Crippen molar-refractivity contribution in [3.63, 3.8) is 0 Å². The zero-order chi connectivity index (χ0) is 17.7. The van der Waals surface area contributed by atoms with E-state index < -0.39 is 0 Å². The van der Waals surface area contributed by atoms with Crippen molar-refractivity contribution in [2.24, 2.45) is 0 Å². The largest absolute Gasteiger partial charge is 0.398 e. The third-order valence-corrected chi connectivity index (χ3v) is 4.61. The number of likely N-dealkylation sites (N-methyl/N-ethyl adjacent to an activating group) is 1. The number of anilines is 1. The molecule has 0 spiro atoms. The maximum atomic E-state index is 13.0. The van der Waals surface area contributed by atoms with E-state index in [1.54, 1.807) is 12.3 Å². The predicted octanol–water partition coefficient (Wildman–Crippen LogP) is 2.13. The van der Waals surface area contributed by atoms with Gasteiger partial charge in [-0.25, -0.2) is 0 Å². The van der Waals surface area contributed by atoms with E-state index in [-0.39, 0.29) is 11.8 Å². The lowest BCUT2D eigenvalue weighted by Gasteiger charge is -2.29. The molecule has 2 aromatic carbocycles. The Balaban J connectivity index is 2.03. The molecule has 0 saturated carbocycles. The van der Waals surface area contributed by atoms with Crippen LogP contribution in [-0.4, -0.2) is 53.8 Å². The first-order valence-electron chi connectivity index (χ1n) is 8.10. The highest BCUT2D eigenvalue weighted by atomic mass is 16.2. The van der Waals surface area contributed by atoms with Gasteiger partial charge in [0.05, 0.1) is 11.1 Å². The molecule has 25 heavy (non-hydrogen) atoms. The molecule has 1 aliphatic heterocycles. The maximum Gasteiger partial charge on any atom is 0.263 e. The standard InChI is InChI=1S/C19H18N4O2/c1-22(2)8-9-23-18(24)13-10-11-4-3-7-21-17(11)12-5-6-14(20)16(15(12)13)19(23)25/h3-7,10H,8-9,20H2,1-2H3. The Hall–Kier alpha value is -2.99. The number of aromatic nitrogens is 1. The first kappa shape index (κ1) is 15.5. The molecule has 1 aliphatic rings. The lowest BCUT2D eigenvalue weighted by atomic mass is 9.90. The Morgan fingerprint density at radius 1 is 1.16 bits per heavy atom. The molecule has 2 amide bonds. The first-order valence-corrected chi connectivity index (χ1v) is 8.10. The van der Waals surface area contributed by atoms with Crippen LogP contribution in [0.1, 0.15) is 20.7 Å². The lowest BCUT2D eigenvalue weighted by Crippen LogP contribution is -2.44. The van der Waals surface area contributed by atoms with Crippen molar-refractivity contribution >= 4 is 39.2 Å². The number of hydrogen-bond donors (Lipinski definition) is 1. The highest BCUT2D eigenvalue weighted by Crippen LogP contribution is 2.37. The number of nitrogens with zero attached hydrogens (tertiary/aromatic N) is 3. The van der Waals surface area contributed by atoms with Gasteiger partial charge in [0.15, 0.2) is 0 Å². The van der Waals surface area contributed by atoms with Crippen LogP contribution in [0.3, 0.4) is 0 Å². The molecule has 6 nitrogen and oxygen atoms in total. The fourth-order valence-electron chi connectivity index (χ4n) is 3.36. The molecule has 1 aromatic heterocycles. The Morgan fingerprint density at radius 3 is 2.72 bits per heavy atom. The van der Waals surface area contributed by atoms with E-state index in [0.29, 0.717) is 35.3 Å². The number of nitrogens with two attached hydrogens (primary N) is 1. The summed E-state index contributed by atoms with van der Waals surface area (Å²) in [5.74, 6) is -0.613. The minimum absolute atomic E-state index is 0.277. The van der Waals surface area contributed by atoms with E-state index in [1.807, 2.05) is 43.3 Å². The minimum atomic E-state index is -0.335. The molecular weight excluding hydrogens is 316 g/mol. The van der Waals surface area contributed by atoms with Crippen molar-refractivity contribution in [1.82, 2.24) is 14.8 Å². The molecule has 0 fully saturated rings. The number of carbonyl (C=O) groups excluding carboxylic acids is 2. The van der Waals surface area contributed by atoms with Gasteiger partial charge in [0.25, 0.3) is 11.8 Å². The lowest BCUT2D eigenvalue weighted by molar-refractivity contribution is 0.0602. The molecule has 2 heterocycles. The minimum Gasteiger partial charge on any atom is -0.398 e. The van der Waals surface area contributed by atoms with Gasteiger partial charge in [-0.3, -0.25) is 19.5 Å². The monoisotopic (exact) mass is 334 g/mol. The summed E-state index contributed by atoms with van der Waals surface area (Å²) < 4.78 is 0. The van der Waals surface area contributed by atoms with Gasteiger partial charge >= 0.3 is 0 Å². The zero-order valence-electron chi connectivity index (χ0n) is 14.1. The van der Waals surface area contributed by atoms with Crippen molar-refractivity contribution < 1.29 is 9.59 Å². The summed E-state index contributed by atoms with van der Waals surface area (Å²) >= 11 is 0. The van der Waals surface area contributed by atoms with Crippen LogP contribution in [0.2, 0.25) is 0 Å².